The Labute approximate surface area is 134 Å². The summed E-state index contributed by atoms with van der Waals surface area (Å²) in [4.78, 5) is 11.9. The Kier molecular flexibility index (Phi) is 5.86. The molecule has 1 saturated heterocycles. The summed E-state index contributed by atoms with van der Waals surface area (Å²) in [7, 11) is -2.91. The highest BCUT2D eigenvalue weighted by atomic mass is 32.2. The van der Waals surface area contributed by atoms with Crippen molar-refractivity contribution in [2.45, 2.75) is 31.1 Å². The SMILES string of the molecule is C[C@H](Cc1ccccc1F)NC(=O)CS[C@H]1CCS(=O)(=O)C1. The molecule has 2 atom stereocenters. The van der Waals surface area contributed by atoms with Crippen LogP contribution in [0.15, 0.2) is 24.3 Å². The predicted molar refractivity (Wildman–Crippen MR) is 87.2 cm³/mol. The minimum Gasteiger partial charge on any atom is -0.353 e. The van der Waals surface area contributed by atoms with E-state index in [0.717, 1.165) is 0 Å². The Morgan fingerprint density at radius 3 is 2.82 bits per heavy atom. The van der Waals surface area contributed by atoms with Gasteiger partial charge in [0.2, 0.25) is 5.91 Å². The number of sulfone groups is 1. The summed E-state index contributed by atoms with van der Waals surface area (Å²) < 4.78 is 36.2. The van der Waals surface area contributed by atoms with E-state index >= 15 is 0 Å². The van der Waals surface area contributed by atoms with Crippen molar-refractivity contribution < 1.29 is 17.6 Å². The number of nitrogens with one attached hydrogen (secondary N) is 1. The molecule has 122 valence electrons. The first-order valence-electron chi connectivity index (χ1n) is 7.20. The number of benzene rings is 1. The average molecular weight is 345 g/mol. The number of carbonyl (C=O) groups is 1. The molecule has 7 heteroatoms. The number of halogens is 1. The Bertz CT molecular complexity index is 633. The Morgan fingerprint density at radius 2 is 2.18 bits per heavy atom. The molecule has 4 nitrogen and oxygen atoms in total. The van der Waals surface area contributed by atoms with Gasteiger partial charge >= 0.3 is 0 Å². The Hall–Kier alpha value is -1.08. The van der Waals surface area contributed by atoms with Crippen LogP contribution in [0.1, 0.15) is 18.9 Å². The van der Waals surface area contributed by atoms with Crippen LogP contribution < -0.4 is 5.32 Å². The second-order valence-corrected chi connectivity index (χ2v) is 9.12. The van der Waals surface area contributed by atoms with Crippen LogP contribution in [0.25, 0.3) is 0 Å². The summed E-state index contributed by atoms with van der Waals surface area (Å²) in [5.41, 5.74) is 0.574. The van der Waals surface area contributed by atoms with Gasteiger partial charge < -0.3 is 5.32 Å². The second-order valence-electron chi connectivity index (χ2n) is 5.60. The van der Waals surface area contributed by atoms with E-state index in [-0.39, 0.29) is 40.3 Å². The second kappa shape index (κ2) is 7.46. The molecule has 1 aliphatic heterocycles. The van der Waals surface area contributed by atoms with E-state index < -0.39 is 9.84 Å². The molecule has 2 rings (SSSR count). The number of rotatable bonds is 6. The van der Waals surface area contributed by atoms with E-state index in [1.54, 1.807) is 18.2 Å². The first-order chi connectivity index (χ1) is 10.4. The van der Waals surface area contributed by atoms with Crippen molar-refractivity contribution >= 4 is 27.5 Å². The lowest BCUT2D eigenvalue weighted by Gasteiger charge is -2.15. The van der Waals surface area contributed by atoms with Crippen LogP contribution >= 0.6 is 11.8 Å². The number of thioether (sulfide) groups is 1. The van der Waals surface area contributed by atoms with E-state index in [1.807, 2.05) is 6.92 Å². The van der Waals surface area contributed by atoms with Crippen LogP contribution in [0.4, 0.5) is 4.39 Å². The number of amides is 1. The molecule has 0 aliphatic carbocycles. The van der Waals surface area contributed by atoms with Crippen molar-refractivity contribution in [3.05, 3.63) is 35.6 Å². The normalized spacial score (nSPS) is 21.5. The highest BCUT2D eigenvalue weighted by Crippen LogP contribution is 2.24. The quantitative estimate of drug-likeness (QED) is 0.854. The van der Waals surface area contributed by atoms with Gasteiger partial charge in [0.1, 0.15) is 5.82 Å². The summed E-state index contributed by atoms with van der Waals surface area (Å²) in [6.07, 6.45) is 1.05. The van der Waals surface area contributed by atoms with Gasteiger partial charge in [0.15, 0.2) is 9.84 Å². The van der Waals surface area contributed by atoms with E-state index in [9.17, 15) is 17.6 Å². The first kappa shape index (κ1) is 17.3. The Balaban J connectivity index is 1.74. The third kappa shape index (κ3) is 5.28. The van der Waals surface area contributed by atoms with Gasteiger partial charge in [-0.05, 0) is 31.4 Å². The molecule has 0 spiro atoms. The molecule has 1 aromatic carbocycles. The van der Waals surface area contributed by atoms with Crippen LogP contribution in [0, 0.1) is 5.82 Å². The maximum Gasteiger partial charge on any atom is 0.230 e. The predicted octanol–water partition coefficient (Wildman–Crippen LogP) is 1.79. The number of carbonyl (C=O) groups excluding carboxylic acids is 1. The van der Waals surface area contributed by atoms with Crippen LogP contribution in [-0.2, 0) is 21.1 Å². The molecule has 1 fully saturated rings. The highest BCUT2D eigenvalue weighted by molar-refractivity contribution is 8.02. The molecule has 0 aromatic heterocycles. The summed E-state index contributed by atoms with van der Waals surface area (Å²) >= 11 is 1.38. The van der Waals surface area contributed by atoms with Gasteiger partial charge in [0.25, 0.3) is 0 Å². The largest absolute Gasteiger partial charge is 0.353 e. The molecule has 22 heavy (non-hydrogen) atoms. The zero-order chi connectivity index (χ0) is 16.2. The standard InChI is InChI=1S/C15H20FNO3S2/c1-11(8-12-4-2-3-5-14(12)16)17-15(18)9-21-13-6-7-22(19,20)10-13/h2-5,11,13H,6-10H2,1H3,(H,17,18)/t11-,13+/m1/s1. The van der Waals surface area contributed by atoms with Crippen LogP contribution in [0.2, 0.25) is 0 Å². The molecular formula is C15H20FNO3S2. The molecule has 1 amide bonds. The van der Waals surface area contributed by atoms with E-state index in [4.69, 9.17) is 0 Å². The summed E-state index contributed by atoms with van der Waals surface area (Å²) in [6, 6.07) is 6.34. The number of hydrogen-bond acceptors (Lipinski definition) is 4. The molecule has 0 saturated carbocycles. The maximum atomic E-state index is 13.5. The molecule has 1 heterocycles. The third-order valence-corrected chi connectivity index (χ3v) is 6.81. The van der Waals surface area contributed by atoms with Crippen molar-refractivity contribution in [3.8, 4) is 0 Å². The van der Waals surface area contributed by atoms with Crippen molar-refractivity contribution in [2.75, 3.05) is 17.3 Å². The molecule has 1 N–H and O–H groups in total. The van der Waals surface area contributed by atoms with Gasteiger partial charge in [-0.15, -0.1) is 11.8 Å². The monoisotopic (exact) mass is 345 g/mol. The molecule has 0 radical (unpaired) electrons. The molecular weight excluding hydrogens is 325 g/mol. The van der Waals surface area contributed by atoms with E-state index in [1.165, 1.54) is 17.8 Å². The zero-order valence-corrected chi connectivity index (χ0v) is 14.1. The van der Waals surface area contributed by atoms with Gasteiger partial charge in [0.05, 0.1) is 17.3 Å². The molecule has 1 aliphatic rings. The topological polar surface area (TPSA) is 63.2 Å². The van der Waals surface area contributed by atoms with Crippen LogP contribution in [0.5, 0.6) is 0 Å². The van der Waals surface area contributed by atoms with Gasteiger partial charge in [-0.2, -0.15) is 0 Å². The lowest BCUT2D eigenvalue weighted by molar-refractivity contribution is -0.119. The van der Waals surface area contributed by atoms with Crippen molar-refractivity contribution in [1.82, 2.24) is 5.32 Å². The fraction of sp³-hybridized carbons (Fsp3) is 0.533. The minimum atomic E-state index is -2.91. The fourth-order valence-electron chi connectivity index (χ4n) is 2.45. The third-order valence-electron chi connectivity index (χ3n) is 3.53. The molecule has 0 bridgehead atoms. The number of hydrogen-bond donors (Lipinski definition) is 1. The molecule has 0 unspecified atom stereocenters. The first-order valence-corrected chi connectivity index (χ1v) is 10.1. The summed E-state index contributed by atoms with van der Waals surface area (Å²) in [5.74, 6) is 0.209. The van der Waals surface area contributed by atoms with Crippen LogP contribution in [0.3, 0.4) is 0 Å². The lowest BCUT2D eigenvalue weighted by atomic mass is 10.1. The fourth-order valence-corrected chi connectivity index (χ4v) is 5.90. The average Bonchev–Trinajstić information content (AvgIpc) is 2.78. The molecule has 1 aromatic rings. The van der Waals surface area contributed by atoms with Gasteiger partial charge in [-0.1, -0.05) is 18.2 Å². The van der Waals surface area contributed by atoms with E-state index in [0.29, 0.717) is 18.4 Å². The summed E-state index contributed by atoms with van der Waals surface area (Å²) in [5, 5.41) is 2.84. The van der Waals surface area contributed by atoms with Gasteiger partial charge in [0, 0.05) is 11.3 Å². The maximum absolute atomic E-state index is 13.5. The van der Waals surface area contributed by atoms with Crippen LogP contribution in [-0.4, -0.2) is 42.9 Å². The Morgan fingerprint density at radius 1 is 1.45 bits per heavy atom. The smallest absolute Gasteiger partial charge is 0.230 e. The van der Waals surface area contributed by atoms with Crippen molar-refractivity contribution in [2.24, 2.45) is 0 Å². The highest BCUT2D eigenvalue weighted by Gasteiger charge is 2.28. The van der Waals surface area contributed by atoms with E-state index in [2.05, 4.69) is 5.32 Å². The van der Waals surface area contributed by atoms with Crippen molar-refractivity contribution in [1.29, 1.82) is 0 Å². The summed E-state index contributed by atoms with van der Waals surface area (Å²) in [6.45, 7) is 1.83. The van der Waals surface area contributed by atoms with Crippen molar-refractivity contribution in [3.63, 3.8) is 0 Å². The van der Waals surface area contributed by atoms with Gasteiger partial charge in [-0.3, -0.25) is 4.79 Å². The lowest BCUT2D eigenvalue weighted by Crippen LogP contribution is -2.35. The zero-order valence-electron chi connectivity index (χ0n) is 12.4. The van der Waals surface area contributed by atoms with Gasteiger partial charge in [-0.25, -0.2) is 12.8 Å². The minimum absolute atomic E-state index is 0.0117.